The number of hydrogen-bond acceptors (Lipinski definition) is 4. The molecule has 2 aromatic heterocycles. The van der Waals surface area contributed by atoms with Gasteiger partial charge in [-0.15, -0.1) is 0 Å². The summed E-state index contributed by atoms with van der Waals surface area (Å²) >= 11 is 0. The zero-order chi connectivity index (χ0) is 10.8. The van der Waals surface area contributed by atoms with E-state index in [1.54, 1.807) is 17.1 Å². The van der Waals surface area contributed by atoms with Crippen molar-refractivity contribution < 1.29 is 0 Å². The Hall–Kier alpha value is -1.91. The standard InChI is InChI=1S/C10H13N5/c1-7(2)8-3-14-15(6-8)10-12-4-9(11)5-13-10/h3-7H,11H2,1-2H3. The van der Waals surface area contributed by atoms with Crippen LogP contribution in [0.5, 0.6) is 0 Å². The molecule has 0 radical (unpaired) electrons. The topological polar surface area (TPSA) is 69.6 Å². The molecule has 0 aliphatic heterocycles. The van der Waals surface area contributed by atoms with Gasteiger partial charge in [0.1, 0.15) is 0 Å². The molecule has 2 heterocycles. The second-order valence-electron chi connectivity index (χ2n) is 3.69. The molecule has 15 heavy (non-hydrogen) atoms. The minimum atomic E-state index is 0.451. The predicted octanol–water partition coefficient (Wildman–Crippen LogP) is 1.37. The lowest BCUT2D eigenvalue weighted by atomic mass is 10.1. The van der Waals surface area contributed by atoms with Gasteiger partial charge in [-0.05, 0) is 11.5 Å². The highest BCUT2D eigenvalue weighted by Gasteiger charge is 2.05. The fourth-order valence-corrected chi connectivity index (χ4v) is 1.19. The van der Waals surface area contributed by atoms with Crippen LogP contribution in [0.25, 0.3) is 5.95 Å². The molecule has 0 atom stereocenters. The first-order chi connectivity index (χ1) is 7.16. The van der Waals surface area contributed by atoms with Gasteiger partial charge in [-0.3, -0.25) is 0 Å². The van der Waals surface area contributed by atoms with Crippen LogP contribution in [0.15, 0.2) is 24.8 Å². The summed E-state index contributed by atoms with van der Waals surface area (Å²) in [6.07, 6.45) is 6.89. The molecule has 5 nitrogen and oxygen atoms in total. The zero-order valence-corrected chi connectivity index (χ0v) is 8.75. The van der Waals surface area contributed by atoms with Crippen molar-refractivity contribution in [3.63, 3.8) is 0 Å². The number of aromatic nitrogens is 4. The number of rotatable bonds is 2. The first kappa shape index (κ1) is 9.64. The van der Waals surface area contributed by atoms with Crippen LogP contribution in [0.4, 0.5) is 5.69 Å². The second-order valence-corrected chi connectivity index (χ2v) is 3.69. The van der Waals surface area contributed by atoms with Gasteiger partial charge in [0.25, 0.3) is 5.95 Å². The van der Waals surface area contributed by atoms with E-state index >= 15 is 0 Å². The highest BCUT2D eigenvalue weighted by Crippen LogP contribution is 2.13. The van der Waals surface area contributed by atoms with Crippen molar-refractivity contribution >= 4 is 5.69 Å². The minimum Gasteiger partial charge on any atom is -0.396 e. The maximum absolute atomic E-state index is 5.50. The van der Waals surface area contributed by atoms with Crippen molar-refractivity contribution in [3.05, 3.63) is 30.4 Å². The normalized spacial score (nSPS) is 10.9. The third-order valence-corrected chi connectivity index (χ3v) is 2.13. The maximum Gasteiger partial charge on any atom is 0.250 e. The lowest BCUT2D eigenvalue weighted by Crippen LogP contribution is -2.01. The molecule has 0 saturated heterocycles. The summed E-state index contributed by atoms with van der Waals surface area (Å²) in [6.45, 7) is 4.23. The Balaban J connectivity index is 2.33. The average Bonchev–Trinajstić information content (AvgIpc) is 2.68. The van der Waals surface area contributed by atoms with Crippen molar-refractivity contribution in [2.75, 3.05) is 5.73 Å². The number of nitrogen functional groups attached to an aromatic ring is 1. The summed E-state index contributed by atoms with van der Waals surface area (Å²) in [7, 11) is 0. The molecule has 0 saturated carbocycles. The average molecular weight is 203 g/mol. The lowest BCUT2D eigenvalue weighted by molar-refractivity contribution is 0.805. The maximum atomic E-state index is 5.50. The van der Waals surface area contributed by atoms with Gasteiger partial charge in [0, 0.05) is 6.20 Å². The van der Waals surface area contributed by atoms with Crippen LogP contribution in [0.1, 0.15) is 25.3 Å². The van der Waals surface area contributed by atoms with Crippen molar-refractivity contribution in [1.29, 1.82) is 0 Å². The predicted molar refractivity (Wildman–Crippen MR) is 57.7 cm³/mol. The third-order valence-electron chi connectivity index (χ3n) is 2.13. The van der Waals surface area contributed by atoms with Gasteiger partial charge in [0.2, 0.25) is 0 Å². The number of nitrogens with two attached hydrogens (primary N) is 1. The zero-order valence-electron chi connectivity index (χ0n) is 8.75. The summed E-state index contributed by atoms with van der Waals surface area (Å²) in [5.74, 6) is 0.989. The van der Waals surface area contributed by atoms with E-state index in [0.717, 1.165) is 5.56 Å². The van der Waals surface area contributed by atoms with Crippen molar-refractivity contribution in [3.8, 4) is 5.95 Å². The fraction of sp³-hybridized carbons (Fsp3) is 0.300. The van der Waals surface area contributed by atoms with E-state index in [1.807, 2.05) is 12.4 Å². The Bertz CT molecular complexity index is 443. The van der Waals surface area contributed by atoms with Gasteiger partial charge in [-0.2, -0.15) is 5.10 Å². The Morgan fingerprint density at radius 1 is 1.20 bits per heavy atom. The van der Waals surface area contributed by atoms with Gasteiger partial charge in [-0.25, -0.2) is 14.6 Å². The van der Waals surface area contributed by atoms with Crippen LogP contribution in [0.2, 0.25) is 0 Å². The molecule has 0 spiro atoms. The SMILES string of the molecule is CC(C)c1cnn(-c2ncc(N)cn2)c1. The summed E-state index contributed by atoms with van der Waals surface area (Å²) in [6, 6.07) is 0. The fourth-order valence-electron chi connectivity index (χ4n) is 1.19. The van der Waals surface area contributed by atoms with E-state index in [4.69, 9.17) is 5.73 Å². The van der Waals surface area contributed by atoms with E-state index in [-0.39, 0.29) is 0 Å². The Labute approximate surface area is 88.0 Å². The second kappa shape index (κ2) is 3.68. The molecular weight excluding hydrogens is 190 g/mol. The van der Waals surface area contributed by atoms with Gasteiger partial charge in [-0.1, -0.05) is 13.8 Å². The largest absolute Gasteiger partial charge is 0.396 e. The van der Waals surface area contributed by atoms with Crippen LogP contribution in [0.3, 0.4) is 0 Å². The number of nitrogens with zero attached hydrogens (tertiary/aromatic N) is 4. The van der Waals surface area contributed by atoms with Crippen molar-refractivity contribution in [2.45, 2.75) is 19.8 Å². The molecule has 0 unspecified atom stereocenters. The van der Waals surface area contributed by atoms with Crippen molar-refractivity contribution in [1.82, 2.24) is 19.7 Å². The van der Waals surface area contributed by atoms with Gasteiger partial charge < -0.3 is 5.73 Å². The number of anilines is 1. The first-order valence-electron chi connectivity index (χ1n) is 4.79. The molecule has 0 aliphatic carbocycles. The summed E-state index contributed by atoms with van der Waals surface area (Å²) in [4.78, 5) is 8.17. The van der Waals surface area contributed by atoms with Crippen LogP contribution >= 0.6 is 0 Å². The molecule has 2 rings (SSSR count). The Morgan fingerprint density at radius 3 is 2.40 bits per heavy atom. The molecule has 78 valence electrons. The third kappa shape index (κ3) is 1.96. The van der Waals surface area contributed by atoms with Crippen LogP contribution in [-0.4, -0.2) is 19.7 Å². The van der Waals surface area contributed by atoms with Gasteiger partial charge in [0.05, 0.1) is 24.3 Å². The van der Waals surface area contributed by atoms with Crippen molar-refractivity contribution in [2.24, 2.45) is 0 Å². The van der Waals surface area contributed by atoms with E-state index in [2.05, 4.69) is 28.9 Å². The van der Waals surface area contributed by atoms with Crippen LogP contribution < -0.4 is 5.73 Å². The quantitative estimate of drug-likeness (QED) is 0.800. The molecule has 2 N–H and O–H groups in total. The molecule has 0 bridgehead atoms. The van der Waals surface area contributed by atoms with E-state index in [9.17, 15) is 0 Å². The molecule has 5 heteroatoms. The lowest BCUT2D eigenvalue weighted by Gasteiger charge is -1.99. The minimum absolute atomic E-state index is 0.451. The molecule has 0 fully saturated rings. The monoisotopic (exact) mass is 203 g/mol. The first-order valence-corrected chi connectivity index (χ1v) is 4.79. The van der Waals surface area contributed by atoms with E-state index in [0.29, 0.717) is 17.6 Å². The van der Waals surface area contributed by atoms with Crippen LogP contribution in [0, 0.1) is 0 Å². The molecule has 0 aliphatic rings. The van der Waals surface area contributed by atoms with E-state index in [1.165, 1.54) is 0 Å². The molecule has 0 aromatic carbocycles. The van der Waals surface area contributed by atoms with E-state index < -0.39 is 0 Å². The van der Waals surface area contributed by atoms with Crippen LogP contribution in [-0.2, 0) is 0 Å². The van der Waals surface area contributed by atoms with Gasteiger partial charge in [0.15, 0.2) is 0 Å². The highest BCUT2D eigenvalue weighted by atomic mass is 15.3. The smallest absolute Gasteiger partial charge is 0.250 e. The Kier molecular flexibility index (Phi) is 2.37. The molecule has 2 aromatic rings. The van der Waals surface area contributed by atoms with Gasteiger partial charge >= 0.3 is 0 Å². The molecule has 0 amide bonds. The number of hydrogen-bond donors (Lipinski definition) is 1. The summed E-state index contributed by atoms with van der Waals surface area (Å²) in [5, 5.41) is 4.19. The molecular formula is C10H13N5. The Morgan fingerprint density at radius 2 is 1.87 bits per heavy atom. The summed E-state index contributed by atoms with van der Waals surface area (Å²) in [5.41, 5.74) is 7.22. The summed E-state index contributed by atoms with van der Waals surface area (Å²) < 4.78 is 1.65. The highest BCUT2D eigenvalue weighted by molar-refractivity contribution is 5.32.